The van der Waals surface area contributed by atoms with Crippen LogP contribution in [0.4, 0.5) is 0 Å². The molecule has 4 atom stereocenters. The molecule has 4 rings (SSSR count). The Morgan fingerprint density at radius 2 is 1.97 bits per heavy atom. The molecular weight excluding hydrogens is 424 g/mol. The number of fused-ring (bicyclic) bond motifs is 1. The van der Waals surface area contributed by atoms with Crippen LogP contribution >= 0.6 is 11.8 Å². The molecule has 1 aromatic rings. The number of nitrogens with zero attached hydrogens (tertiary/aromatic N) is 1. The third kappa shape index (κ3) is 4.02. The van der Waals surface area contributed by atoms with Crippen LogP contribution in [-0.4, -0.2) is 66.3 Å². The van der Waals surface area contributed by atoms with E-state index in [4.69, 9.17) is 24.7 Å². The highest BCUT2D eigenvalue weighted by atomic mass is 32.2. The van der Waals surface area contributed by atoms with E-state index >= 15 is 0 Å². The summed E-state index contributed by atoms with van der Waals surface area (Å²) in [4.78, 5) is 38.8. The molecule has 31 heavy (non-hydrogen) atoms. The Balaban J connectivity index is 1.55. The molecule has 3 heterocycles. The predicted octanol–water partition coefficient (Wildman–Crippen LogP) is 0.955. The number of hydrogen-bond donors (Lipinski definition) is 1. The maximum atomic E-state index is 13.1. The second-order valence-corrected chi connectivity index (χ2v) is 8.55. The monoisotopic (exact) mass is 448 g/mol. The Kier molecular flexibility index (Phi) is 6.22. The van der Waals surface area contributed by atoms with Gasteiger partial charge in [0, 0.05) is 5.75 Å². The number of hydrogen-bond acceptors (Lipinski definition) is 9. The highest BCUT2D eigenvalue weighted by molar-refractivity contribution is 8.00. The largest absolute Gasteiger partial charge is 0.497 e. The number of carbonyl (C=O) groups is 3. The van der Waals surface area contributed by atoms with Crippen LogP contribution in [0.3, 0.4) is 0 Å². The third-order valence-corrected chi connectivity index (χ3v) is 6.96. The summed E-state index contributed by atoms with van der Waals surface area (Å²) in [6, 6.07) is 6.50. The fraction of sp³-hybridized carbons (Fsp3) is 0.476. The lowest BCUT2D eigenvalue weighted by Crippen LogP contribution is -2.68. The van der Waals surface area contributed by atoms with Crippen molar-refractivity contribution in [2.75, 3.05) is 20.0 Å². The SMILES string of the molecule is COC(=O)[C@H]1CC[C@@H](C2=C(C(=O)OCc3ccc(OC)cc3)N3C(=O)[C@@H](N)[C@H]3SC2)O1. The zero-order valence-electron chi connectivity index (χ0n) is 17.2. The van der Waals surface area contributed by atoms with Gasteiger partial charge in [0.1, 0.15) is 29.5 Å². The van der Waals surface area contributed by atoms with E-state index in [1.807, 2.05) is 0 Å². The van der Waals surface area contributed by atoms with E-state index in [2.05, 4.69) is 0 Å². The van der Waals surface area contributed by atoms with Crippen LogP contribution in [0.5, 0.6) is 5.75 Å². The summed E-state index contributed by atoms with van der Waals surface area (Å²) in [6.07, 6.45) is -0.123. The van der Waals surface area contributed by atoms with Crippen LogP contribution in [-0.2, 0) is 35.2 Å². The summed E-state index contributed by atoms with van der Waals surface area (Å²) in [5, 5.41) is -0.308. The Morgan fingerprint density at radius 3 is 2.65 bits per heavy atom. The molecule has 0 aliphatic carbocycles. The first kappa shape index (κ1) is 21.7. The van der Waals surface area contributed by atoms with Crippen molar-refractivity contribution < 1.29 is 33.3 Å². The van der Waals surface area contributed by atoms with E-state index in [0.717, 1.165) is 5.56 Å². The number of rotatable bonds is 6. The van der Waals surface area contributed by atoms with Crippen LogP contribution in [0.25, 0.3) is 0 Å². The van der Waals surface area contributed by atoms with Crippen molar-refractivity contribution in [1.29, 1.82) is 0 Å². The summed E-state index contributed by atoms with van der Waals surface area (Å²) < 4.78 is 21.3. The number of esters is 2. The molecule has 166 valence electrons. The van der Waals surface area contributed by atoms with Gasteiger partial charge in [-0.3, -0.25) is 9.69 Å². The van der Waals surface area contributed by atoms with Crippen molar-refractivity contribution in [3.8, 4) is 5.75 Å². The summed E-state index contributed by atoms with van der Waals surface area (Å²) >= 11 is 1.48. The van der Waals surface area contributed by atoms with Crippen LogP contribution in [0.1, 0.15) is 18.4 Å². The van der Waals surface area contributed by atoms with Gasteiger partial charge in [-0.05, 0) is 36.1 Å². The topological polar surface area (TPSA) is 117 Å². The zero-order chi connectivity index (χ0) is 22.1. The Labute approximate surface area is 183 Å². The molecule has 2 fully saturated rings. The molecule has 2 saturated heterocycles. The Bertz CT molecular complexity index is 917. The Hall–Kier alpha value is -2.56. The fourth-order valence-electron chi connectivity index (χ4n) is 3.91. The minimum Gasteiger partial charge on any atom is -0.497 e. The van der Waals surface area contributed by atoms with Crippen LogP contribution < -0.4 is 10.5 Å². The first-order valence-electron chi connectivity index (χ1n) is 9.91. The molecule has 0 bridgehead atoms. The van der Waals surface area contributed by atoms with Crippen LogP contribution in [0, 0.1) is 0 Å². The number of amides is 1. The van der Waals surface area contributed by atoms with E-state index in [-0.39, 0.29) is 23.6 Å². The van der Waals surface area contributed by atoms with Crippen molar-refractivity contribution in [2.45, 2.75) is 43.1 Å². The maximum Gasteiger partial charge on any atom is 0.355 e. The van der Waals surface area contributed by atoms with Crippen molar-refractivity contribution in [3.05, 3.63) is 41.1 Å². The van der Waals surface area contributed by atoms with Gasteiger partial charge < -0.3 is 24.7 Å². The number of benzene rings is 1. The smallest absolute Gasteiger partial charge is 0.355 e. The number of nitrogens with two attached hydrogens (primary N) is 1. The van der Waals surface area contributed by atoms with Gasteiger partial charge in [-0.25, -0.2) is 9.59 Å². The molecule has 0 radical (unpaired) electrons. The average molecular weight is 448 g/mol. The van der Waals surface area contributed by atoms with Crippen LogP contribution in [0.2, 0.25) is 0 Å². The van der Waals surface area contributed by atoms with Gasteiger partial charge in [0.15, 0.2) is 6.10 Å². The molecule has 2 N–H and O–H groups in total. The van der Waals surface area contributed by atoms with E-state index < -0.39 is 30.2 Å². The minimum atomic E-state index is -0.684. The minimum absolute atomic E-state index is 0.0435. The predicted molar refractivity (Wildman–Crippen MR) is 111 cm³/mol. The van der Waals surface area contributed by atoms with Gasteiger partial charge in [0.05, 0.1) is 20.3 Å². The first-order chi connectivity index (χ1) is 14.9. The molecule has 1 aromatic carbocycles. The van der Waals surface area contributed by atoms with E-state index in [1.165, 1.54) is 23.8 Å². The summed E-state index contributed by atoms with van der Waals surface area (Å²) in [5.74, 6) is -0.218. The van der Waals surface area contributed by atoms with Gasteiger partial charge in [-0.1, -0.05) is 12.1 Å². The molecule has 0 aromatic heterocycles. The molecule has 0 saturated carbocycles. The molecule has 0 unspecified atom stereocenters. The summed E-state index contributed by atoms with van der Waals surface area (Å²) in [7, 11) is 2.88. The lowest BCUT2D eigenvalue weighted by atomic mass is 9.99. The maximum absolute atomic E-state index is 13.1. The van der Waals surface area contributed by atoms with E-state index in [1.54, 1.807) is 31.4 Å². The number of methoxy groups -OCH3 is 2. The van der Waals surface area contributed by atoms with Gasteiger partial charge >= 0.3 is 11.9 Å². The molecular formula is C21H24N2O7S. The van der Waals surface area contributed by atoms with Crippen LogP contribution in [0.15, 0.2) is 35.5 Å². The molecule has 3 aliphatic rings. The number of thioether (sulfide) groups is 1. The third-order valence-electron chi connectivity index (χ3n) is 5.63. The molecule has 10 heteroatoms. The lowest BCUT2D eigenvalue weighted by molar-refractivity contribution is -0.153. The van der Waals surface area contributed by atoms with Crippen molar-refractivity contribution in [3.63, 3.8) is 0 Å². The van der Waals surface area contributed by atoms with E-state index in [0.29, 0.717) is 29.9 Å². The quantitative estimate of drug-likeness (QED) is 0.501. The molecule has 3 aliphatic heterocycles. The highest BCUT2D eigenvalue weighted by Gasteiger charge is 2.53. The van der Waals surface area contributed by atoms with Gasteiger partial charge in [0.2, 0.25) is 5.91 Å². The number of β-lactam (4-membered cyclic amide) rings is 1. The summed E-state index contributed by atoms with van der Waals surface area (Å²) in [5.41, 5.74) is 7.53. The van der Waals surface area contributed by atoms with E-state index in [9.17, 15) is 14.4 Å². The highest BCUT2D eigenvalue weighted by Crippen LogP contribution is 2.43. The van der Waals surface area contributed by atoms with Gasteiger partial charge in [0.25, 0.3) is 0 Å². The lowest BCUT2D eigenvalue weighted by Gasteiger charge is -2.48. The average Bonchev–Trinajstić information content (AvgIpc) is 3.31. The molecule has 0 spiro atoms. The van der Waals surface area contributed by atoms with Crippen molar-refractivity contribution >= 4 is 29.6 Å². The fourth-order valence-corrected chi connectivity index (χ4v) is 5.27. The van der Waals surface area contributed by atoms with Gasteiger partial charge in [-0.15, -0.1) is 11.8 Å². The summed E-state index contributed by atoms with van der Waals surface area (Å²) in [6.45, 7) is 0.0435. The molecule has 1 amide bonds. The second kappa shape index (κ2) is 8.89. The first-order valence-corrected chi connectivity index (χ1v) is 11.0. The Morgan fingerprint density at radius 1 is 1.23 bits per heavy atom. The van der Waals surface area contributed by atoms with Crippen molar-refractivity contribution in [2.24, 2.45) is 5.73 Å². The number of carbonyl (C=O) groups excluding carboxylic acids is 3. The number of ether oxygens (including phenoxy) is 4. The standard InChI is InChI=1S/C21H24N2O7S/c1-27-12-5-3-11(4-6-12)9-29-21(26)17-13(10-31-19-16(22)18(24)23(17)19)14-7-8-15(30-14)20(25)28-2/h3-6,14-16,19H,7-10,22H2,1-2H3/t14-,15+,16+,19+/m0/s1. The zero-order valence-corrected chi connectivity index (χ0v) is 18.1. The normalized spacial score (nSPS) is 27.5. The van der Waals surface area contributed by atoms with Crippen molar-refractivity contribution in [1.82, 2.24) is 4.90 Å². The molecule has 9 nitrogen and oxygen atoms in total. The van der Waals surface area contributed by atoms with Gasteiger partial charge in [-0.2, -0.15) is 0 Å². The second-order valence-electron chi connectivity index (χ2n) is 7.45.